The molecule has 7 nitrogen and oxygen atoms in total. The Morgan fingerprint density at radius 1 is 0.457 bits per heavy atom. The van der Waals surface area contributed by atoms with Crippen LogP contribution in [0, 0.1) is 6.92 Å². The zero-order chi connectivity index (χ0) is 30.1. The van der Waals surface area contributed by atoms with Crippen molar-refractivity contribution in [1.29, 1.82) is 0 Å². The summed E-state index contributed by atoms with van der Waals surface area (Å²) >= 11 is 0. The molecule has 0 spiro atoms. The minimum atomic E-state index is 0.849. The van der Waals surface area contributed by atoms with Crippen LogP contribution >= 0.6 is 0 Å². The van der Waals surface area contributed by atoms with Gasteiger partial charge in [-0.05, 0) is 97.4 Å². The molecule has 11 aromatic rings. The molecule has 6 aromatic carbocycles. The van der Waals surface area contributed by atoms with Crippen LogP contribution in [0.3, 0.4) is 0 Å². The average molecular weight is 593 g/mol. The summed E-state index contributed by atoms with van der Waals surface area (Å²) in [6.45, 7) is 2.11. The van der Waals surface area contributed by atoms with Gasteiger partial charge in [-0.1, -0.05) is 42.5 Å². The van der Waals surface area contributed by atoms with Gasteiger partial charge in [0.25, 0.3) is 0 Å². The topological polar surface area (TPSA) is 57.6 Å². The lowest BCUT2D eigenvalue weighted by Gasteiger charge is -2.06. The van der Waals surface area contributed by atoms with Crippen molar-refractivity contribution < 1.29 is 4.42 Å². The largest absolute Gasteiger partial charge is 0.456 e. The van der Waals surface area contributed by atoms with Crippen LogP contribution in [0.5, 0.6) is 0 Å². The van der Waals surface area contributed by atoms with E-state index in [1.807, 2.05) is 6.07 Å². The Morgan fingerprint density at radius 2 is 0.957 bits per heavy atom. The van der Waals surface area contributed by atoms with Crippen LogP contribution in [0.15, 0.2) is 132 Å². The summed E-state index contributed by atoms with van der Waals surface area (Å²) in [7, 11) is 0. The van der Waals surface area contributed by atoms with Gasteiger partial charge in [0.2, 0.25) is 11.6 Å². The van der Waals surface area contributed by atoms with E-state index < -0.39 is 0 Å². The lowest BCUT2D eigenvalue weighted by Crippen LogP contribution is -1.95. The van der Waals surface area contributed by atoms with Gasteiger partial charge in [-0.15, -0.1) is 0 Å². The van der Waals surface area contributed by atoms with Gasteiger partial charge in [0.1, 0.15) is 11.2 Å². The number of para-hydroxylation sites is 6. The van der Waals surface area contributed by atoms with Gasteiger partial charge in [-0.2, -0.15) is 0 Å². The Labute approximate surface area is 260 Å². The van der Waals surface area contributed by atoms with Crippen molar-refractivity contribution in [1.82, 2.24) is 27.9 Å². The first kappa shape index (κ1) is 24.0. The Balaban J connectivity index is 1.18. The number of imidazole rings is 4. The number of rotatable bonds is 2. The lowest BCUT2D eigenvalue weighted by molar-refractivity contribution is 0.669. The molecule has 5 heterocycles. The predicted molar refractivity (Wildman–Crippen MR) is 185 cm³/mol. The van der Waals surface area contributed by atoms with Crippen LogP contribution in [-0.4, -0.2) is 27.9 Å². The van der Waals surface area contributed by atoms with E-state index in [1.54, 1.807) is 0 Å². The van der Waals surface area contributed by atoms with Crippen molar-refractivity contribution in [2.45, 2.75) is 6.92 Å². The van der Waals surface area contributed by atoms with Crippen LogP contribution in [0.2, 0.25) is 0 Å². The zero-order valence-corrected chi connectivity index (χ0v) is 24.7. The Kier molecular flexibility index (Phi) is 4.40. The van der Waals surface area contributed by atoms with Crippen LogP contribution in [0.25, 0.3) is 89.0 Å². The fourth-order valence-corrected chi connectivity index (χ4v) is 7.41. The fraction of sp³-hybridized carbons (Fsp3) is 0.0256. The molecule has 0 fully saturated rings. The molecule has 0 aliphatic heterocycles. The van der Waals surface area contributed by atoms with Crippen molar-refractivity contribution >= 4 is 77.6 Å². The second kappa shape index (κ2) is 8.43. The number of nitrogens with zero attached hydrogens (tertiary/aromatic N) is 6. The van der Waals surface area contributed by atoms with Crippen molar-refractivity contribution in [3.05, 3.63) is 133 Å². The van der Waals surface area contributed by atoms with Crippen LogP contribution in [0.4, 0.5) is 0 Å². The lowest BCUT2D eigenvalue weighted by atomic mass is 10.1. The molecule has 11 rings (SSSR count). The first-order valence-corrected chi connectivity index (χ1v) is 15.4. The normalized spacial score (nSPS) is 12.5. The van der Waals surface area contributed by atoms with E-state index in [9.17, 15) is 0 Å². The minimum absolute atomic E-state index is 0.849. The minimum Gasteiger partial charge on any atom is -0.456 e. The van der Waals surface area contributed by atoms with Gasteiger partial charge >= 0.3 is 0 Å². The van der Waals surface area contributed by atoms with E-state index in [1.165, 1.54) is 5.56 Å². The second-order valence-electron chi connectivity index (χ2n) is 12.1. The first-order valence-electron chi connectivity index (χ1n) is 15.4. The van der Waals surface area contributed by atoms with Gasteiger partial charge in [-0.25, -0.2) is 9.97 Å². The van der Waals surface area contributed by atoms with Gasteiger partial charge in [0.05, 0.1) is 55.5 Å². The molecule has 0 amide bonds. The highest BCUT2D eigenvalue weighted by Gasteiger charge is 2.20. The summed E-state index contributed by atoms with van der Waals surface area (Å²) < 4.78 is 15.4. The highest BCUT2D eigenvalue weighted by atomic mass is 16.3. The van der Waals surface area contributed by atoms with E-state index >= 15 is 0 Å². The fourth-order valence-electron chi connectivity index (χ4n) is 7.41. The molecule has 216 valence electrons. The Morgan fingerprint density at radius 3 is 1.57 bits per heavy atom. The monoisotopic (exact) mass is 592 g/mol. The zero-order valence-electron chi connectivity index (χ0n) is 24.7. The molecule has 0 aliphatic carbocycles. The number of hydrogen-bond donors (Lipinski definition) is 0. The summed E-state index contributed by atoms with van der Waals surface area (Å²) in [6.07, 6.45) is 0. The molecule has 0 N–H and O–H groups in total. The second-order valence-corrected chi connectivity index (χ2v) is 12.1. The predicted octanol–water partition coefficient (Wildman–Crippen LogP) is 9.38. The van der Waals surface area contributed by atoms with Crippen molar-refractivity contribution in [2.75, 3.05) is 0 Å². The molecule has 0 radical (unpaired) electrons. The number of benzene rings is 6. The van der Waals surface area contributed by atoms with Crippen LogP contribution < -0.4 is 0 Å². The molecule has 0 unspecified atom stereocenters. The van der Waals surface area contributed by atoms with E-state index in [2.05, 4.69) is 146 Å². The summed E-state index contributed by atoms with van der Waals surface area (Å²) in [5, 5.41) is 2.11. The highest BCUT2D eigenvalue weighted by molar-refractivity contribution is 6.07. The SMILES string of the molecule is Cc1ccc2c(c1)nc1n(-c3ccc4oc5ccc(-n6c7ccccc7n7c8ccccc8nc67)cc5c4c3)c3ccccc3n21. The quantitative estimate of drug-likeness (QED) is 0.201. The molecule has 0 bridgehead atoms. The standard InChI is InChI=1S/C39H24N6O/c1-23-14-17-31-29(20-23)41-39-43(33-11-5-7-13-35(33)45(31)39)25-16-19-37-27(22-25)26-21-24(15-18-36(26)46-37)42-32-10-4-6-12-34(32)44-30-9-3-2-8-28(30)40-38(42)44/h2-22H,1H3. The van der Waals surface area contributed by atoms with Gasteiger partial charge in [0.15, 0.2) is 0 Å². The first-order chi connectivity index (χ1) is 22.7. The Bertz CT molecular complexity index is 3050. The third-order valence-electron chi connectivity index (χ3n) is 9.42. The average Bonchev–Trinajstić information content (AvgIpc) is 3.87. The van der Waals surface area contributed by atoms with Crippen molar-refractivity contribution in [2.24, 2.45) is 0 Å². The number of aryl methyl sites for hydroxylation is 1. The number of hydrogen-bond acceptors (Lipinski definition) is 3. The maximum Gasteiger partial charge on any atom is 0.220 e. The summed E-state index contributed by atoms with van der Waals surface area (Å²) in [5.41, 5.74) is 13.6. The summed E-state index contributed by atoms with van der Waals surface area (Å²) in [5.74, 6) is 1.78. The van der Waals surface area contributed by atoms with Gasteiger partial charge < -0.3 is 4.42 Å². The molecular formula is C39H24N6O. The molecule has 0 aliphatic rings. The third-order valence-corrected chi connectivity index (χ3v) is 9.42. The molecular weight excluding hydrogens is 568 g/mol. The molecule has 5 aromatic heterocycles. The Hall–Kier alpha value is -6.34. The van der Waals surface area contributed by atoms with E-state index in [4.69, 9.17) is 14.4 Å². The smallest absolute Gasteiger partial charge is 0.220 e. The molecule has 7 heteroatoms. The van der Waals surface area contributed by atoms with Gasteiger partial charge in [-0.3, -0.25) is 17.9 Å². The van der Waals surface area contributed by atoms with Gasteiger partial charge in [0, 0.05) is 10.8 Å². The van der Waals surface area contributed by atoms with E-state index in [0.29, 0.717) is 0 Å². The maximum atomic E-state index is 6.40. The molecule has 0 saturated heterocycles. The molecule has 0 atom stereocenters. The number of fused-ring (bicyclic) bond motifs is 13. The van der Waals surface area contributed by atoms with Crippen LogP contribution in [0.1, 0.15) is 5.56 Å². The summed E-state index contributed by atoms with van der Waals surface area (Å²) in [4.78, 5) is 10.2. The molecule has 46 heavy (non-hydrogen) atoms. The van der Waals surface area contributed by atoms with Crippen LogP contribution in [-0.2, 0) is 0 Å². The summed E-state index contributed by atoms with van der Waals surface area (Å²) in [6, 6.07) is 44.6. The number of aromatic nitrogens is 6. The van der Waals surface area contributed by atoms with Crippen molar-refractivity contribution in [3.8, 4) is 11.4 Å². The van der Waals surface area contributed by atoms with E-state index in [-0.39, 0.29) is 0 Å². The maximum absolute atomic E-state index is 6.40. The van der Waals surface area contributed by atoms with Crippen molar-refractivity contribution in [3.63, 3.8) is 0 Å². The number of furan rings is 1. The third kappa shape index (κ3) is 3.01. The highest BCUT2D eigenvalue weighted by Crippen LogP contribution is 2.36. The molecule has 0 saturated carbocycles. The van der Waals surface area contributed by atoms with E-state index in [0.717, 1.165) is 89.0 Å².